The van der Waals surface area contributed by atoms with Crippen molar-refractivity contribution in [3.8, 4) is 0 Å². The van der Waals surface area contributed by atoms with Crippen LogP contribution in [0.2, 0.25) is 0 Å². The minimum absolute atomic E-state index is 0.237. The van der Waals surface area contributed by atoms with Gasteiger partial charge in [-0.2, -0.15) is 0 Å². The zero-order valence-electron chi connectivity index (χ0n) is 13.1. The number of carboxylic acid groups (broad SMARTS) is 1. The van der Waals surface area contributed by atoms with E-state index in [0.29, 0.717) is 19.6 Å². The van der Waals surface area contributed by atoms with Crippen LogP contribution in [-0.2, 0) is 9.53 Å². The van der Waals surface area contributed by atoms with Crippen LogP contribution in [0.1, 0.15) is 52.4 Å². The van der Waals surface area contributed by atoms with E-state index in [1.807, 2.05) is 13.8 Å². The Morgan fingerprint density at radius 3 is 2.62 bits per heavy atom. The molecular formula is C15H28N2O4. The number of carbonyl (C=O) groups is 2. The Kier molecular flexibility index (Phi) is 8.12. The van der Waals surface area contributed by atoms with Crippen LogP contribution in [0.25, 0.3) is 0 Å². The number of hydrogen-bond acceptors (Lipinski definition) is 3. The van der Waals surface area contributed by atoms with Crippen LogP contribution in [-0.4, -0.2) is 42.4 Å². The number of rotatable bonds is 8. The summed E-state index contributed by atoms with van der Waals surface area (Å²) in [5, 5.41) is 14.7. The normalized spacial score (nSPS) is 22.0. The minimum atomic E-state index is -0.814. The lowest BCUT2D eigenvalue weighted by molar-refractivity contribution is -0.143. The molecule has 2 atom stereocenters. The molecule has 0 heterocycles. The van der Waals surface area contributed by atoms with Crippen molar-refractivity contribution in [3.05, 3.63) is 0 Å². The van der Waals surface area contributed by atoms with Gasteiger partial charge in [-0.3, -0.25) is 4.79 Å². The Morgan fingerprint density at radius 2 is 1.95 bits per heavy atom. The standard InChI is InChI=1S/C15H28N2O4/c1-11(2)21-10-6-5-9-16-15(20)17-13-8-4-3-7-12(13)14(18)19/h11-13H,3-10H2,1-2H3,(H,18,19)(H2,16,17,20). The first-order valence-corrected chi connectivity index (χ1v) is 7.89. The number of amides is 2. The summed E-state index contributed by atoms with van der Waals surface area (Å²) in [6.45, 7) is 5.27. The second-order valence-electron chi connectivity index (χ2n) is 5.86. The molecule has 6 nitrogen and oxygen atoms in total. The van der Waals surface area contributed by atoms with Crippen LogP contribution in [0.15, 0.2) is 0 Å². The van der Waals surface area contributed by atoms with Crippen LogP contribution in [0, 0.1) is 5.92 Å². The molecule has 0 radical (unpaired) electrons. The maximum absolute atomic E-state index is 11.8. The summed E-state index contributed by atoms with van der Waals surface area (Å²) in [5.41, 5.74) is 0. The van der Waals surface area contributed by atoms with Crippen LogP contribution < -0.4 is 10.6 Å². The molecule has 0 bridgehead atoms. The van der Waals surface area contributed by atoms with Crippen molar-refractivity contribution >= 4 is 12.0 Å². The molecule has 1 saturated carbocycles. The maximum atomic E-state index is 11.8. The van der Waals surface area contributed by atoms with Crippen LogP contribution in [0.4, 0.5) is 4.79 Å². The lowest BCUT2D eigenvalue weighted by atomic mass is 9.84. The summed E-state index contributed by atoms with van der Waals surface area (Å²) in [6, 6.07) is -0.515. The number of urea groups is 1. The highest BCUT2D eigenvalue weighted by atomic mass is 16.5. The minimum Gasteiger partial charge on any atom is -0.481 e. The van der Waals surface area contributed by atoms with Crippen LogP contribution >= 0.6 is 0 Å². The third-order valence-corrected chi connectivity index (χ3v) is 3.71. The number of hydrogen-bond donors (Lipinski definition) is 3. The van der Waals surface area contributed by atoms with Gasteiger partial charge < -0.3 is 20.5 Å². The summed E-state index contributed by atoms with van der Waals surface area (Å²) >= 11 is 0. The zero-order valence-corrected chi connectivity index (χ0v) is 13.1. The fourth-order valence-corrected chi connectivity index (χ4v) is 2.57. The van der Waals surface area contributed by atoms with Gasteiger partial charge in [-0.05, 0) is 39.5 Å². The predicted octanol–water partition coefficient (Wildman–Crippen LogP) is 2.13. The quantitative estimate of drug-likeness (QED) is 0.599. The number of ether oxygens (including phenoxy) is 1. The Morgan fingerprint density at radius 1 is 1.24 bits per heavy atom. The van der Waals surface area contributed by atoms with E-state index in [1.165, 1.54) is 0 Å². The van der Waals surface area contributed by atoms with Gasteiger partial charge in [-0.1, -0.05) is 12.8 Å². The van der Waals surface area contributed by atoms with Gasteiger partial charge in [0.15, 0.2) is 0 Å². The monoisotopic (exact) mass is 300 g/mol. The van der Waals surface area contributed by atoms with Gasteiger partial charge in [-0.15, -0.1) is 0 Å². The molecule has 0 saturated heterocycles. The molecule has 1 fully saturated rings. The highest BCUT2D eigenvalue weighted by Gasteiger charge is 2.31. The first-order chi connectivity index (χ1) is 10.0. The highest BCUT2D eigenvalue weighted by Crippen LogP contribution is 2.24. The Balaban J connectivity index is 2.16. The van der Waals surface area contributed by atoms with E-state index in [4.69, 9.17) is 9.84 Å². The number of unbranched alkanes of at least 4 members (excludes halogenated alkanes) is 1. The first kappa shape index (κ1) is 17.8. The van der Waals surface area contributed by atoms with Gasteiger partial charge >= 0.3 is 12.0 Å². The lowest BCUT2D eigenvalue weighted by Gasteiger charge is -2.29. The van der Waals surface area contributed by atoms with Crippen molar-refractivity contribution < 1.29 is 19.4 Å². The number of carboxylic acids is 1. The van der Waals surface area contributed by atoms with Gasteiger partial charge in [0.2, 0.25) is 0 Å². The van der Waals surface area contributed by atoms with E-state index in [-0.39, 0.29) is 18.2 Å². The zero-order chi connectivity index (χ0) is 15.7. The first-order valence-electron chi connectivity index (χ1n) is 7.89. The molecule has 6 heteroatoms. The van der Waals surface area contributed by atoms with E-state index in [9.17, 15) is 9.59 Å². The van der Waals surface area contributed by atoms with Gasteiger partial charge in [0.05, 0.1) is 12.0 Å². The number of nitrogens with one attached hydrogen (secondary N) is 2. The predicted molar refractivity (Wildman–Crippen MR) is 80.2 cm³/mol. The van der Waals surface area contributed by atoms with Crippen LogP contribution in [0.5, 0.6) is 0 Å². The van der Waals surface area contributed by atoms with E-state index >= 15 is 0 Å². The highest BCUT2D eigenvalue weighted by molar-refractivity contribution is 5.76. The third kappa shape index (κ3) is 7.32. The van der Waals surface area contributed by atoms with Crippen molar-refractivity contribution in [2.75, 3.05) is 13.2 Å². The van der Waals surface area contributed by atoms with Crippen molar-refractivity contribution in [1.29, 1.82) is 0 Å². The van der Waals surface area contributed by atoms with Gasteiger partial charge in [-0.25, -0.2) is 4.79 Å². The molecule has 122 valence electrons. The van der Waals surface area contributed by atoms with Gasteiger partial charge in [0.25, 0.3) is 0 Å². The molecule has 0 aliphatic heterocycles. The molecular weight excluding hydrogens is 272 g/mol. The number of aliphatic carboxylic acids is 1. The number of carbonyl (C=O) groups excluding carboxylic acids is 1. The Labute approximate surface area is 126 Å². The van der Waals surface area contributed by atoms with Gasteiger partial charge in [0, 0.05) is 19.2 Å². The van der Waals surface area contributed by atoms with E-state index in [2.05, 4.69) is 10.6 Å². The largest absolute Gasteiger partial charge is 0.481 e. The van der Waals surface area contributed by atoms with Crippen molar-refractivity contribution in [2.24, 2.45) is 5.92 Å². The Hall–Kier alpha value is -1.30. The molecule has 1 aliphatic carbocycles. The van der Waals surface area contributed by atoms with E-state index < -0.39 is 11.9 Å². The summed E-state index contributed by atoms with van der Waals surface area (Å²) in [4.78, 5) is 22.9. The molecule has 1 rings (SSSR count). The molecule has 0 spiro atoms. The van der Waals surface area contributed by atoms with Crippen molar-refractivity contribution in [3.63, 3.8) is 0 Å². The molecule has 2 amide bonds. The molecule has 21 heavy (non-hydrogen) atoms. The molecule has 1 aliphatic rings. The van der Waals surface area contributed by atoms with Crippen LogP contribution in [0.3, 0.4) is 0 Å². The summed E-state index contributed by atoms with van der Waals surface area (Å²) < 4.78 is 5.42. The average Bonchev–Trinajstić information content (AvgIpc) is 2.42. The third-order valence-electron chi connectivity index (χ3n) is 3.71. The van der Waals surface area contributed by atoms with Crippen molar-refractivity contribution in [2.45, 2.75) is 64.5 Å². The maximum Gasteiger partial charge on any atom is 0.315 e. The van der Waals surface area contributed by atoms with Gasteiger partial charge in [0.1, 0.15) is 0 Å². The lowest BCUT2D eigenvalue weighted by Crippen LogP contribution is -2.49. The summed E-state index contributed by atoms with van der Waals surface area (Å²) in [6.07, 6.45) is 5.28. The molecule has 2 unspecified atom stereocenters. The molecule has 3 N–H and O–H groups in total. The molecule has 0 aromatic carbocycles. The second kappa shape index (κ2) is 9.60. The fourth-order valence-electron chi connectivity index (χ4n) is 2.57. The average molecular weight is 300 g/mol. The smallest absolute Gasteiger partial charge is 0.315 e. The second-order valence-corrected chi connectivity index (χ2v) is 5.86. The Bertz CT molecular complexity index is 334. The summed E-state index contributed by atoms with van der Waals surface area (Å²) in [7, 11) is 0. The summed E-state index contributed by atoms with van der Waals surface area (Å²) in [5.74, 6) is -1.27. The van der Waals surface area contributed by atoms with Crippen molar-refractivity contribution in [1.82, 2.24) is 10.6 Å². The topological polar surface area (TPSA) is 87.7 Å². The fraction of sp³-hybridized carbons (Fsp3) is 0.867. The van der Waals surface area contributed by atoms with E-state index in [0.717, 1.165) is 32.1 Å². The van der Waals surface area contributed by atoms with E-state index in [1.54, 1.807) is 0 Å². The molecule has 0 aromatic rings. The molecule has 0 aromatic heterocycles. The SMILES string of the molecule is CC(C)OCCCCNC(=O)NC1CCCCC1C(=O)O.